The van der Waals surface area contributed by atoms with Crippen molar-refractivity contribution in [2.45, 2.75) is 37.8 Å². The highest BCUT2D eigenvalue weighted by atomic mass is 127. The van der Waals surface area contributed by atoms with E-state index in [9.17, 15) is 0 Å². The normalized spacial score (nSPS) is 19.4. The van der Waals surface area contributed by atoms with Crippen molar-refractivity contribution in [2.24, 2.45) is 0 Å². The fourth-order valence-corrected chi connectivity index (χ4v) is 7.99. The van der Waals surface area contributed by atoms with Crippen LogP contribution in [0, 0.1) is 0 Å². The first-order valence-corrected chi connectivity index (χ1v) is 16.8. The molecule has 268 valence electrons. The number of quaternary nitrogens is 2. The summed E-state index contributed by atoms with van der Waals surface area (Å²) >= 11 is 0. The quantitative estimate of drug-likeness (QED) is 0.229. The number of fused-ring (bicyclic) bond motifs is 5. The van der Waals surface area contributed by atoms with Gasteiger partial charge in [-0.1, -0.05) is 18.2 Å². The highest BCUT2D eigenvalue weighted by molar-refractivity contribution is 5.62. The third kappa shape index (κ3) is 6.97. The van der Waals surface area contributed by atoms with E-state index in [1.54, 1.807) is 28.4 Å². The van der Waals surface area contributed by atoms with E-state index in [1.807, 2.05) is 12.1 Å². The molecule has 3 heterocycles. The molecule has 0 fully saturated rings. The van der Waals surface area contributed by atoms with Crippen LogP contribution in [0.25, 0.3) is 0 Å². The fraction of sp³-hybridized carbons (Fsp3) is 0.400. The molecule has 8 nitrogen and oxygen atoms in total. The van der Waals surface area contributed by atoms with Gasteiger partial charge in [0.05, 0.1) is 75.3 Å². The van der Waals surface area contributed by atoms with Crippen LogP contribution in [0.15, 0.2) is 60.7 Å². The summed E-state index contributed by atoms with van der Waals surface area (Å²) in [4.78, 5) is 0. The van der Waals surface area contributed by atoms with Gasteiger partial charge in [0.1, 0.15) is 17.8 Å². The smallest absolute Gasteiger partial charge is 0.204 e. The minimum absolute atomic E-state index is 0. The lowest BCUT2D eigenvalue weighted by Crippen LogP contribution is -3.00. The number of hydrogen-bond donors (Lipinski definition) is 0. The molecule has 0 spiro atoms. The topological polar surface area (TPSA) is 55.4 Å². The Morgan fingerprint density at radius 1 is 0.600 bits per heavy atom. The molecule has 3 aliphatic heterocycles. The van der Waals surface area contributed by atoms with Crippen molar-refractivity contribution in [2.75, 3.05) is 69.7 Å². The van der Waals surface area contributed by atoms with E-state index in [0.717, 1.165) is 76.1 Å². The molecule has 0 aliphatic carbocycles. The number of rotatable bonds is 4. The summed E-state index contributed by atoms with van der Waals surface area (Å²) in [5.41, 5.74) is 7.29. The minimum atomic E-state index is 0. The molecule has 0 radical (unpaired) electrons. The molecule has 10 heteroatoms. The van der Waals surface area contributed by atoms with Gasteiger partial charge in [0.25, 0.3) is 0 Å². The Morgan fingerprint density at radius 3 is 1.92 bits per heavy atom. The molecule has 4 aromatic carbocycles. The second kappa shape index (κ2) is 15.0. The molecule has 0 saturated heterocycles. The predicted octanol–water partition coefficient (Wildman–Crippen LogP) is 1.46. The van der Waals surface area contributed by atoms with Gasteiger partial charge in [-0.15, -0.1) is 0 Å². The van der Waals surface area contributed by atoms with Gasteiger partial charge >= 0.3 is 0 Å². The van der Waals surface area contributed by atoms with Crippen LogP contribution in [0.1, 0.15) is 45.5 Å². The van der Waals surface area contributed by atoms with E-state index < -0.39 is 0 Å². The van der Waals surface area contributed by atoms with Crippen molar-refractivity contribution in [1.29, 1.82) is 0 Å². The van der Waals surface area contributed by atoms with E-state index in [-0.39, 0.29) is 60.0 Å². The van der Waals surface area contributed by atoms with Gasteiger partial charge < -0.3 is 85.3 Å². The SMILES string of the molecule is COc1ccc2cc1Oc1cc3c(cc1OC)CC[N+](C)(C)[C@H]3Cc1cccc(c1)Oc1c(OC)c(OC)cc3c1[C@@H](C2)[N+](C)(C)CC3.[I-].[I-]. The Balaban J connectivity index is 0.00000243. The number of nitrogens with zero attached hydrogens (tertiary/aromatic N) is 2. The van der Waals surface area contributed by atoms with Gasteiger partial charge in [0.2, 0.25) is 5.75 Å². The summed E-state index contributed by atoms with van der Waals surface area (Å²) in [5.74, 6) is 5.56. The Bertz CT molecular complexity index is 1880. The Morgan fingerprint density at radius 2 is 1.22 bits per heavy atom. The monoisotopic (exact) mass is 906 g/mol. The molecule has 6 bridgehead atoms. The third-order valence-corrected chi connectivity index (χ3v) is 10.9. The second-order valence-electron chi connectivity index (χ2n) is 14.5. The first kappa shape index (κ1) is 38.3. The fourth-order valence-electron chi connectivity index (χ4n) is 7.99. The van der Waals surface area contributed by atoms with E-state index in [2.05, 4.69) is 76.7 Å². The van der Waals surface area contributed by atoms with E-state index in [1.165, 1.54) is 22.3 Å². The molecule has 50 heavy (non-hydrogen) atoms. The lowest BCUT2D eigenvalue weighted by Gasteiger charge is -2.43. The summed E-state index contributed by atoms with van der Waals surface area (Å²) in [6.07, 6.45) is 3.45. The highest BCUT2D eigenvalue weighted by Crippen LogP contribution is 2.52. The van der Waals surface area contributed by atoms with E-state index in [0.29, 0.717) is 28.7 Å². The maximum absolute atomic E-state index is 6.97. The van der Waals surface area contributed by atoms with Gasteiger partial charge in [-0.3, -0.25) is 0 Å². The van der Waals surface area contributed by atoms with Crippen LogP contribution in [0.2, 0.25) is 0 Å². The number of hydrogen-bond acceptors (Lipinski definition) is 6. The van der Waals surface area contributed by atoms with Crippen LogP contribution < -0.4 is 76.4 Å². The molecule has 7 rings (SSSR count). The molecule has 3 aliphatic rings. The first-order valence-electron chi connectivity index (χ1n) is 16.8. The maximum Gasteiger partial charge on any atom is 0.204 e. The molecule has 0 amide bonds. The number of ether oxygens (including phenoxy) is 6. The molecule has 2 atom stereocenters. The molecule has 0 N–H and O–H groups in total. The molecule has 0 aromatic heterocycles. The van der Waals surface area contributed by atoms with Crippen LogP contribution in [0.5, 0.6) is 46.0 Å². The predicted molar refractivity (Wildman–Crippen MR) is 186 cm³/mol. The van der Waals surface area contributed by atoms with Crippen LogP contribution >= 0.6 is 0 Å². The van der Waals surface area contributed by atoms with Crippen LogP contribution in [-0.2, 0) is 25.7 Å². The molecule has 0 unspecified atom stereocenters. The van der Waals surface area contributed by atoms with Crippen molar-refractivity contribution in [3.63, 3.8) is 0 Å². The lowest BCUT2D eigenvalue weighted by molar-refractivity contribution is -0.923. The van der Waals surface area contributed by atoms with Crippen LogP contribution in [-0.4, -0.2) is 78.7 Å². The van der Waals surface area contributed by atoms with Crippen molar-refractivity contribution in [1.82, 2.24) is 0 Å². The number of likely N-dealkylation sites (N-methyl/N-ethyl adjacent to an activating group) is 2. The zero-order valence-electron chi connectivity index (χ0n) is 30.3. The van der Waals surface area contributed by atoms with Crippen LogP contribution in [0.4, 0.5) is 0 Å². The number of benzene rings is 4. The Labute approximate surface area is 330 Å². The molecule has 0 saturated carbocycles. The minimum Gasteiger partial charge on any atom is -1.00 e. The van der Waals surface area contributed by atoms with Crippen molar-refractivity contribution < 1.29 is 85.3 Å². The zero-order valence-corrected chi connectivity index (χ0v) is 34.6. The average Bonchev–Trinajstić information content (AvgIpc) is 3.07. The standard InChI is InChI=1S/C40H48N2O6.2HI/c1-41(2)16-14-27-22-34(44-6)36-24-30(27)31(41)19-25-10-9-11-29(18-25)47-40-38-28(23-37(45-7)39(40)46-8)15-17-42(3,4)32(38)20-26-12-13-33(43-5)35(21-26)48-36;;/h9-13,18,21-24,31-32H,14-17,19-20H2,1-8H3;2*1H/q+2;;/p-2/t31-,32+;;/m0../s1. The number of methoxy groups -OCH3 is 4. The summed E-state index contributed by atoms with van der Waals surface area (Å²) in [6.45, 7) is 2.00. The van der Waals surface area contributed by atoms with Crippen molar-refractivity contribution in [3.05, 3.63) is 94.0 Å². The zero-order chi connectivity index (χ0) is 33.8. The lowest BCUT2D eigenvalue weighted by atomic mass is 9.86. The molecule has 4 aromatic rings. The largest absolute Gasteiger partial charge is 1.00 e. The summed E-state index contributed by atoms with van der Waals surface area (Å²) in [5, 5.41) is 0. The third-order valence-electron chi connectivity index (χ3n) is 10.9. The van der Waals surface area contributed by atoms with Gasteiger partial charge in [0.15, 0.2) is 34.5 Å². The van der Waals surface area contributed by atoms with Crippen molar-refractivity contribution >= 4 is 0 Å². The van der Waals surface area contributed by atoms with Crippen molar-refractivity contribution in [3.8, 4) is 46.0 Å². The molecular formula is C40H48I2N2O6. The average molecular weight is 907 g/mol. The van der Waals surface area contributed by atoms with E-state index >= 15 is 0 Å². The number of halogens is 2. The van der Waals surface area contributed by atoms with Crippen LogP contribution in [0.3, 0.4) is 0 Å². The van der Waals surface area contributed by atoms with Gasteiger partial charge in [-0.25, -0.2) is 0 Å². The summed E-state index contributed by atoms with van der Waals surface area (Å²) < 4.78 is 39.1. The first-order chi connectivity index (χ1) is 23.0. The second-order valence-corrected chi connectivity index (χ2v) is 14.5. The van der Waals surface area contributed by atoms with Gasteiger partial charge in [0, 0.05) is 31.2 Å². The molecular weight excluding hydrogens is 858 g/mol. The van der Waals surface area contributed by atoms with E-state index in [4.69, 9.17) is 28.4 Å². The maximum atomic E-state index is 6.97. The Kier molecular flexibility index (Phi) is 11.5. The van der Waals surface area contributed by atoms with Gasteiger partial charge in [-0.05, 0) is 64.7 Å². The summed E-state index contributed by atoms with van der Waals surface area (Å²) in [7, 11) is 16.0. The Hall–Kier alpha value is -2.94. The highest BCUT2D eigenvalue weighted by Gasteiger charge is 2.41. The summed E-state index contributed by atoms with van der Waals surface area (Å²) in [6, 6.07) is 21.6. The van der Waals surface area contributed by atoms with Gasteiger partial charge in [-0.2, -0.15) is 0 Å².